The van der Waals surface area contributed by atoms with E-state index in [1.165, 1.54) is 19.3 Å². The lowest BCUT2D eigenvalue weighted by Gasteiger charge is -2.24. The van der Waals surface area contributed by atoms with Gasteiger partial charge in [-0.25, -0.2) is 0 Å². The van der Waals surface area contributed by atoms with Gasteiger partial charge in [0.05, 0.1) is 0 Å². The number of nitrogens with zero attached hydrogens (tertiary/aromatic N) is 1. The highest BCUT2D eigenvalue weighted by Crippen LogP contribution is 2.22. The third kappa shape index (κ3) is 4.77. The van der Waals surface area contributed by atoms with Gasteiger partial charge in [-0.2, -0.15) is 5.10 Å². The quantitative estimate of drug-likeness (QED) is 0.651. The average Bonchev–Trinajstić information content (AvgIpc) is 2.73. The number of carbonyl (C=O) groups excluding carboxylic acids is 1. The minimum absolute atomic E-state index is 0.121. The average molecular weight is 252 g/mol. The van der Waals surface area contributed by atoms with E-state index in [2.05, 4.69) is 36.3 Å². The van der Waals surface area contributed by atoms with E-state index in [4.69, 9.17) is 5.73 Å². The molecule has 0 saturated heterocycles. The molecular formula is C13H24N4O. The van der Waals surface area contributed by atoms with E-state index >= 15 is 0 Å². The molecule has 0 atom stereocenters. The first-order valence-corrected chi connectivity index (χ1v) is 6.54. The second-order valence-electron chi connectivity index (χ2n) is 5.51. The van der Waals surface area contributed by atoms with E-state index < -0.39 is 0 Å². The summed E-state index contributed by atoms with van der Waals surface area (Å²) in [6.07, 6.45) is 4.78. The van der Waals surface area contributed by atoms with Crippen LogP contribution in [0.15, 0.2) is 6.07 Å². The number of H-pyrrole nitrogens is 1. The fraction of sp³-hybridized carbons (Fsp3) is 0.692. The molecule has 0 fully saturated rings. The molecule has 5 nitrogen and oxygen atoms in total. The van der Waals surface area contributed by atoms with Gasteiger partial charge in [-0.15, -0.1) is 0 Å². The number of hydrogen-bond donors (Lipinski definition) is 3. The van der Waals surface area contributed by atoms with Crippen molar-refractivity contribution in [2.75, 3.05) is 12.3 Å². The molecular weight excluding hydrogens is 228 g/mol. The number of unbranched alkanes of at least 4 members (excludes halogenated alkanes) is 2. The zero-order valence-corrected chi connectivity index (χ0v) is 11.5. The predicted octanol–water partition coefficient (Wildman–Crippen LogP) is 2.33. The highest BCUT2D eigenvalue weighted by molar-refractivity contribution is 5.92. The van der Waals surface area contributed by atoms with E-state index in [0.717, 1.165) is 6.42 Å². The minimum atomic E-state index is -0.150. The van der Waals surface area contributed by atoms with Crippen LogP contribution in [0.25, 0.3) is 0 Å². The molecule has 0 bridgehead atoms. The summed E-state index contributed by atoms with van der Waals surface area (Å²) in [5.74, 6) is 0.185. The van der Waals surface area contributed by atoms with Gasteiger partial charge in [0, 0.05) is 12.6 Å². The van der Waals surface area contributed by atoms with Gasteiger partial charge in [0.2, 0.25) is 0 Å². The van der Waals surface area contributed by atoms with E-state index in [1.54, 1.807) is 6.07 Å². The number of hydrogen-bond acceptors (Lipinski definition) is 3. The van der Waals surface area contributed by atoms with Gasteiger partial charge in [-0.05, 0) is 11.8 Å². The summed E-state index contributed by atoms with van der Waals surface area (Å²) < 4.78 is 0. The van der Waals surface area contributed by atoms with E-state index in [1.807, 2.05) is 0 Å². The van der Waals surface area contributed by atoms with Crippen molar-refractivity contribution in [3.05, 3.63) is 11.8 Å². The number of aromatic nitrogens is 2. The van der Waals surface area contributed by atoms with Crippen molar-refractivity contribution in [2.24, 2.45) is 5.41 Å². The predicted molar refractivity (Wildman–Crippen MR) is 73.3 cm³/mol. The van der Waals surface area contributed by atoms with Crippen LogP contribution in [0.5, 0.6) is 0 Å². The van der Waals surface area contributed by atoms with Crippen molar-refractivity contribution >= 4 is 11.7 Å². The lowest BCUT2D eigenvalue weighted by Crippen LogP contribution is -2.34. The Morgan fingerprint density at radius 3 is 2.78 bits per heavy atom. The second kappa shape index (κ2) is 6.42. The molecule has 1 aromatic rings. The third-order valence-corrected chi connectivity index (χ3v) is 3.03. The van der Waals surface area contributed by atoms with Gasteiger partial charge in [-0.1, -0.05) is 40.0 Å². The molecule has 18 heavy (non-hydrogen) atoms. The van der Waals surface area contributed by atoms with Crippen molar-refractivity contribution < 1.29 is 4.79 Å². The molecule has 0 aromatic carbocycles. The molecule has 0 aliphatic heterocycles. The summed E-state index contributed by atoms with van der Waals surface area (Å²) in [4.78, 5) is 11.8. The Kier molecular flexibility index (Phi) is 5.19. The van der Waals surface area contributed by atoms with Crippen LogP contribution in [-0.2, 0) is 0 Å². The van der Waals surface area contributed by atoms with Gasteiger partial charge in [-0.3, -0.25) is 9.89 Å². The first-order valence-electron chi connectivity index (χ1n) is 6.54. The summed E-state index contributed by atoms with van der Waals surface area (Å²) in [6.45, 7) is 7.19. The van der Waals surface area contributed by atoms with Crippen LogP contribution < -0.4 is 11.1 Å². The van der Waals surface area contributed by atoms with Crippen LogP contribution in [-0.4, -0.2) is 22.6 Å². The molecule has 1 rings (SSSR count). The molecule has 0 aliphatic rings. The molecule has 5 heteroatoms. The summed E-state index contributed by atoms with van der Waals surface area (Å²) in [5.41, 5.74) is 5.99. The van der Waals surface area contributed by atoms with Crippen LogP contribution in [0.1, 0.15) is 56.9 Å². The number of nitrogens with two attached hydrogens (primary N) is 1. The summed E-state index contributed by atoms with van der Waals surface area (Å²) in [7, 11) is 0. The largest absolute Gasteiger partial charge is 0.382 e. The molecule has 0 aliphatic carbocycles. The Bertz CT molecular complexity index is 384. The van der Waals surface area contributed by atoms with Crippen LogP contribution in [0.3, 0.4) is 0 Å². The van der Waals surface area contributed by atoms with Gasteiger partial charge in [0.1, 0.15) is 11.5 Å². The Balaban J connectivity index is 2.37. The third-order valence-electron chi connectivity index (χ3n) is 3.03. The lowest BCUT2D eigenvalue weighted by molar-refractivity contribution is 0.0929. The normalized spacial score (nSPS) is 11.5. The maximum Gasteiger partial charge on any atom is 0.269 e. The molecule has 0 unspecified atom stereocenters. The number of anilines is 1. The van der Waals surface area contributed by atoms with Crippen LogP contribution in [0.4, 0.5) is 5.82 Å². The van der Waals surface area contributed by atoms with Crippen molar-refractivity contribution in [2.45, 2.75) is 46.5 Å². The van der Waals surface area contributed by atoms with E-state index in [-0.39, 0.29) is 11.3 Å². The Morgan fingerprint density at radius 1 is 1.50 bits per heavy atom. The standard InChI is InChI=1S/C13H24N4O/c1-4-5-6-7-13(2,3)9-15-12(18)10-8-11(14)17-16-10/h8H,4-7,9H2,1-3H3,(H,15,18)(H3,14,16,17). The second-order valence-corrected chi connectivity index (χ2v) is 5.51. The first kappa shape index (κ1) is 14.5. The first-order chi connectivity index (χ1) is 8.44. The monoisotopic (exact) mass is 252 g/mol. The van der Waals surface area contributed by atoms with Crippen molar-refractivity contribution in [1.29, 1.82) is 0 Å². The highest BCUT2D eigenvalue weighted by Gasteiger charge is 2.19. The Hall–Kier alpha value is -1.52. The van der Waals surface area contributed by atoms with E-state index in [0.29, 0.717) is 18.1 Å². The summed E-state index contributed by atoms with van der Waals surface area (Å²) >= 11 is 0. The smallest absolute Gasteiger partial charge is 0.269 e. The summed E-state index contributed by atoms with van der Waals surface area (Å²) in [6, 6.07) is 1.54. The molecule has 0 radical (unpaired) electrons. The van der Waals surface area contributed by atoms with Crippen molar-refractivity contribution in [1.82, 2.24) is 15.5 Å². The number of rotatable bonds is 7. The molecule has 1 heterocycles. The topological polar surface area (TPSA) is 83.8 Å². The maximum atomic E-state index is 11.8. The minimum Gasteiger partial charge on any atom is -0.382 e. The number of nitrogen functional groups attached to an aromatic ring is 1. The van der Waals surface area contributed by atoms with Crippen molar-refractivity contribution in [3.63, 3.8) is 0 Å². The van der Waals surface area contributed by atoms with Crippen LogP contribution in [0, 0.1) is 5.41 Å². The number of carbonyl (C=O) groups is 1. The van der Waals surface area contributed by atoms with Crippen LogP contribution in [0.2, 0.25) is 0 Å². The number of amides is 1. The zero-order valence-electron chi connectivity index (χ0n) is 11.5. The number of nitrogens with one attached hydrogen (secondary N) is 2. The van der Waals surface area contributed by atoms with Crippen LogP contribution >= 0.6 is 0 Å². The number of aromatic amines is 1. The maximum absolute atomic E-state index is 11.8. The fourth-order valence-corrected chi connectivity index (χ4v) is 1.81. The molecule has 1 amide bonds. The molecule has 1 aromatic heterocycles. The molecule has 4 N–H and O–H groups in total. The zero-order chi connectivity index (χ0) is 13.6. The van der Waals surface area contributed by atoms with Crippen molar-refractivity contribution in [3.8, 4) is 0 Å². The van der Waals surface area contributed by atoms with Gasteiger partial charge < -0.3 is 11.1 Å². The Morgan fingerprint density at radius 2 is 2.22 bits per heavy atom. The lowest BCUT2D eigenvalue weighted by atomic mass is 9.87. The fourth-order valence-electron chi connectivity index (χ4n) is 1.81. The van der Waals surface area contributed by atoms with E-state index in [9.17, 15) is 4.79 Å². The molecule has 102 valence electrons. The van der Waals surface area contributed by atoms with Gasteiger partial charge in [0.15, 0.2) is 0 Å². The van der Waals surface area contributed by atoms with Gasteiger partial charge >= 0.3 is 0 Å². The SMILES string of the molecule is CCCCCC(C)(C)CNC(=O)c1cc(N)n[nH]1. The molecule has 0 saturated carbocycles. The molecule has 0 spiro atoms. The Labute approximate surface area is 109 Å². The highest BCUT2D eigenvalue weighted by atomic mass is 16.1. The van der Waals surface area contributed by atoms with Gasteiger partial charge in [0.25, 0.3) is 5.91 Å². The summed E-state index contributed by atoms with van der Waals surface area (Å²) in [5, 5.41) is 9.26.